The molecule has 4 atom stereocenters. The summed E-state index contributed by atoms with van der Waals surface area (Å²) >= 11 is 0. The summed E-state index contributed by atoms with van der Waals surface area (Å²) < 4.78 is 28.2. The molecule has 2 aliphatic rings. The highest BCUT2D eigenvalue weighted by molar-refractivity contribution is 5.95. The fourth-order valence-electron chi connectivity index (χ4n) is 5.22. The molecule has 1 aromatic heterocycles. The van der Waals surface area contributed by atoms with Gasteiger partial charge in [-0.3, -0.25) is 9.69 Å². The number of benzene rings is 1. The van der Waals surface area contributed by atoms with Gasteiger partial charge in [0.2, 0.25) is 11.8 Å². The van der Waals surface area contributed by atoms with Crippen molar-refractivity contribution in [1.29, 1.82) is 0 Å². The molecule has 2 aromatic rings. The Kier molecular flexibility index (Phi) is 8.37. The average Bonchev–Trinajstić information content (AvgIpc) is 3.46. The first-order valence-electron chi connectivity index (χ1n) is 13.7. The lowest BCUT2D eigenvalue weighted by molar-refractivity contribution is -0.147. The predicted molar refractivity (Wildman–Crippen MR) is 151 cm³/mol. The Bertz CT molecular complexity index is 1350. The average molecular weight is 570 g/mol. The van der Waals surface area contributed by atoms with Crippen LogP contribution in [0.5, 0.6) is 17.4 Å². The number of carbonyl (C=O) groups excluding carboxylic acids is 3. The highest BCUT2D eigenvalue weighted by Gasteiger charge is 2.62. The van der Waals surface area contributed by atoms with Gasteiger partial charge < -0.3 is 29.0 Å². The Balaban J connectivity index is 1.65. The van der Waals surface area contributed by atoms with Gasteiger partial charge in [0.1, 0.15) is 34.8 Å². The predicted octanol–water partition coefficient (Wildman–Crippen LogP) is 3.94. The molecule has 1 aromatic carbocycles. The van der Waals surface area contributed by atoms with E-state index in [4.69, 9.17) is 23.7 Å². The minimum atomic E-state index is -1.20. The second kappa shape index (κ2) is 11.5. The monoisotopic (exact) mass is 569 g/mol. The van der Waals surface area contributed by atoms with E-state index in [9.17, 15) is 14.4 Å². The van der Waals surface area contributed by atoms with Crippen molar-refractivity contribution in [2.45, 2.75) is 70.7 Å². The summed E-state index contributed by atoms with van der Waals surface area (Å²) in [4.78, 5) is 45.4. The molecule has 1 saturated carbocycles. The number of esters is 1. The van der Waals surface area contributed by atoms with E-state index < -0.39 is 41.3 Å². The molecule has 0 bridgehead atoms. The zero-order chi connectivity index (χ0) is 30.1. The maximum absolute atomic E-state index is 13.6. The molecule has 4 rings (SSSR count). The van der Waals surface area contributed by atoms with Gasteiger partial charge in [0, 0.05) is 29.4 Å². The van der Waals surface area contributed by atoms with Crippen molar-refractivity contribution in [2.24, 2.45) is 5.92 Å². The third-order valence-corrected chi connectivity index (χ3v) is 7.32. The second-order valence-corrected chi connectivity index (χ2v) is 11.3. The van der Waals surface area contributed by atoms with Crippen LogP contribution < -0.4 is 19.5 Å². The quantitative estimate of drug-likeness (QED) is 0.353. The van der Waals surface area contributed by atoms with Gasteiger partial charge in [-0.25, -0.2) is 14.6 Å². The van der Waals surface area contributed by atoms with Crippen LogP contribution in [0.1, 0.15) is 46.1 Å². The van der Waals surface area contributed by atoms with Gasteiger partial charge in [-0.05, 0) is 53.2 Å². The highest BCUT2D eigenvalue weighted by Crippen LogP contribution is 2.45. The fourth-order valence-corrected chi connectivity index (χ4v) is 5.22. The summed E-state index contributed by atoms with van der Waals surface area (Å²) in [5.41, 5.74) is -0.495. The molecule has 2 fully saturated rings. The first-order valence-corrected chi connectivity index (χ1v) is 13.7. The van der Waals surface area contributed by atoms with E-state index in [0.717, 1.165) is 10.9 Å². The normalized spacial score (nSPS) is 23.5. The molecule has 1 aliphatic carbocycles. The summed E-state index contributed by atoms with van der Waals surface area (Å²) in [5, 5.41) is 3.57. The minimum Gasteiger partial charge on any atom is -0.496 e. The maximum atomic E-state index is 13.6. The molecule has 2 amide bonds. The number of aromatic nitrogens is 1. The number of hydrogen-bond acceptors (Lipinski definition) is 9. The molecule has 41 heavy (non-hydrogen) atoms. The number of carbonyl (C=O) groups is 3. The molecule has 222 valence electrons. The van der Waals surface area contributed by atoms with Gasteiger partial charge in [-0.15, -0.1) is 6.58 Å². The summed E-state index contributed by atoms with van der Waals surface area (Å²) in [6, 6.07) is 4.45. The number of pyridine rings is 1. The lowest BCUT2D eigenvalue weighted by atomic mass is 10.1. The van der Waals surface area contributed by atoms with E-state index in [1.165, 1.54) is 12.0 Å². The first kappa shape index (κ1) is 30.0. The van der Waals surface area contributed by atoms with E-state index in [1.54, 1.807) is 40.0 Å². The Labute approximate surface area is 240 Å². The van der Waals surface area contributed by atoms with Crippen LogP contribution >= 0.6 is 0 Å². The number of methoxy groups -OCH3 is 2. The van der Waals surface area contributed by atoms with Crippen molar-refractivity contribution in [3.8, 4) is 17.4 Å². The molecule has 1 N–H and O–H groups in total. The largest absolute Gasteiger partial charge is 0.496 e. The van der Waals surface area contributed by atoms with Crippen molar-refractivity contribution in [3.63, 3.8) is 0 Å². The molecule has 2 heterocycles. The van der Waals surface area contributed by atoms with Crippen LogP contribution in [-0.4, -0.2) is 78.5 Å². The molecular weight excluding hydrogens is 530 g/mol. The smallest absolute Gasteiger partial charge is 0.411 e. The number of nitrogens with one attached hydrogen (secondary N) is 1. The lowest BCUT2D eigenvalue weighted by Gasteiger charge is -2.28. The number of hydrogen-bond donors (Lipinski definition) is 1. The van der Waals surface area contributed by atoms with Crippen molar-refractivity contribution in [2.75, 3.05) is 27.4 Å². The van der Waals surface area contributed by atoms with Gasteiger partial charge in [0.05, 0.1) is 32.9 Å². The molecule has 0 spiro atoms. The van der Waals surface area contributed by atoms with Crippen LogP contribution in [0.25, 0.3) is 10.9 Å². The number of rotatable bonds is 9. The molecule has 11 nitrogen and oxygen atoms in total. The van der Waals surface area contributed by atoms with Crippen LogP contribution in [0.4, 0.5) is 4.79 Å². The third-order valence-electron chi connectivity index (χ3n) is 7.32. The van der Waals surface area contributed by atoms with E-state index in [0.29, 0.717) is 35.9 Å². The fraction of sp³-hybridized carbons (Fsp3) is 0.533. The van der Waals surface area contributed by atoms with Gasteiger partial charge in [-0.2, -0.15) is 0 Å². The summed E-state index contributed by atoms with van der Waals surface area (Å²) in [5.74, 6) is 0.249. The van der Waals surface area contributed by atoms with Crippen molar-refractivity contribution in [1.82, 2.24) is 15.2 Å². The maximum Gasteiger partial charge on any atom is 0.411 e. The van der Waals surface area contributed by atoms with Crippen LogP contribution in [0.3, 0.4) is 0 Å². The third kappa shape index (κ3) is 6.03. The number of ether oxygens (including phenoxy) is 5. The number of fused-ring (bicyclic) bond motifs is 1. The van der Waals surface area contributed by atoms with Crippen molar-refractivity contribution < 1.29 is 38.1 Å². The van der Waals surface area contributed by atoms with Gasteiger partial charge >= 0.3 is 12.1 Å². The lowest BCUT2D eigenvalue weighted by Crippen LogP contribution is -2.53. The standard InChI is InChI=1S/C30H39N3O8/c1-9-18-15-30(18,27(35)38-8)32-26(34)21-13-19(16-33(21)28(36)41-29(4,5)6)40-23-14-24(39-10-2)31-25-17(3)22(37-7)12-11-20(23)25/h9,11-12,14,18-19,21H,1,10,13,15-16H2,2-8H3,(H,32,34)/t18-,19-,21+,30-/m1/s1. The number of amides is 2. The molecule has 1 saturated heterocycles. The van der Waals surface area contributed by atoms with Crippen LogP contribution in [0.2, 0.25) is 0 Å². The molecule has 0 unspecified atom stereocenters. The second-order valence-electron chi connectivity index (χ2n) is 11.3. The molecular formula is C30H39N3O8. The highest BCUT2D eigenvalue weighted by atomic mass is 16.6. The zero-order valence-corrected chi connectivity index (χ0v) is 24.7. The van der Waals surface area contributed by atoms with Crippen molar-refractivity contribution >= 4 is 28.9 Å². The molecule has 1 aliphatic heterocycles. The van der Waals surface area contributed by atoms with Crippen molar-refractivity contribution in [3.05, 3.63) is 36.4 Å². The Morgan fingerprint density at radius 1 is 1.22 bits per heavy atom. The summed E-state index contributed by atoms with van der Waals surface area (Å²) in [6.45, 7) is 13.3. The van der Waals surface area contributed by atoms with Crippen LogP contribution in [0.15, 0.2) is 30.9 Å². The number of likely N-dealkylation sites (tertiary alicyclic amines) is 1. The Morgan fingerprint density at radius 2 is 1.95 bits per heavy atom. The summed E-state index contributed by atoms with van der Waals surface area (Å²) in [6.07, 6.45) is 0.945. The van der Waals surface area contributed by atoms with E-state index >= 15 is 0 Å². The van der Waals surface area contributed by atoms with E-state index in [-0.39, 0.29) is 18.9 Å². The number of nitrogens with zero attached hydrogens (tertiary/aromatic N) is 2. The van der Waals surface area contributed by atoms with E-state index in [1.807, 2.05) is 26.0 Å². The van der Waals surface area contributed by atoms with E-state index in [2.05, 4.69) is 16.9 Å². The SMILES string of the molecule is C=C[C@@H]1C[C@]1(NC(=O)[C@@H]1C[C@@H](Oc2cc(OCC)nc3c(C)c(OC)ccc23)CN1C(=O)OC(C)(C)C)C(=O)OC. The number of aryl methyl sites for hydroxylation is 1. The van der Waals surface area contributed by atoms with Gasteiger partial charge in [0.15, 0.2) is 0 Å². The molecule has 11 heteroatoms. The summed E-state index contributed by atoms with van der Waals surface area (Å²) in [7, 11) is 2.87. The van der Waals surface area contributed by atoms with Crippen LogP contribution in [0, 0.1) is 12.8 Å². The molecule has 0 radical (unpaired) electrons. The first-order chi connectivity index (χ1) is 19.4. The minimum absolute atomic E-state index is 0.0893. The van der Waals surface area contributed by atoms with Gasteiger partial charge in [-0.1, -0.05) is 6.08 Å². The van der Waals surface area contributed by atoms with Gasteiger partial charge in [0.25, 0.3) is 0 Å². The Hall–Kier alpha value is -4.02. The Morgan fingerprint density at radius 3 is 2.54 bits per heavy atom. The van der Waals surface area contributed by atoms with Crippen LogP contribution in [-0.2, 0) is 19.1 Å². The topological polar surface area (TPSA) is 126 Å². The zero-order valence-electron chi connectivity index (χ0n) is 24.7.